The van der Waals surface area contributed by atoms with Crippen molar-refractivity contribution in [3.05, 3.63) is 218 Å². The number of rotatable bonds is 5. The number of hydrogen-bond acceptors (Lipinski definition) is 2. The van der Waals surface area contributed by atoms with Gasteiger partial charge in [-0.15, -0.1) is 0 Å². The molecule has 4 aromatic heterocycles. The lowest BCUT2D eigenvalue weighted by Crippen LogP contribution is -1.93. The van der Waals surface area contributed by atoms with Crippen LogP contribution in [-0.4, -0.2) is 9.13 Å². The third-order valence-corrected chi connectivity index (χ3v) is 13.3. The van der Waals surface area contributed by atoms with Gasteiger partial charge in [0.25, 0.3) is 0 Å². The second-order valence-electron chi connectivity index (χ2n) is 16.8. The predicted octanol–water partition coefficient (Wildman–Crippen LogP) is 16.7. The predicted molar refractivity (Wildman–Crippen MR) is 266 cm³/mol. The fourth-order valence-electron chi connectivity index (χ4n) is 10.4. The van der Waals surface area contributed by atoms with E-state index in [0.717, 1.165) is 99.7 Å². The summed E-state index contributed by atoms with van der Waals surface area (Å²) in [5, 5.41) is 8.97. The van der Waals surface area contributed by atoms with Gasteiger partial charge in [-0.3, -0.25) is 0 Å². The highest BCUT2D eigenvalue weighted by molar-refractivity contribution is 6.26. The third-order valence-electron chi connectivity index (χ3n) is 13.3. The molecule has 4 heterocycles. The van der Waals surface area contributed by atoms with Gasteiger partial charge in [0.1, 0.15) is 22.3 Å². The number of hydrogen-bond donors (Lipinski definition) is 0. The van der Waals surface area contributed by atoms with Crippen LogP contribution < -0.4 is 0 Å². The van der Waals surface area contributed by atoms with Gasteiger partial charge in [-0.05, 0) is 113 Å². The molecule has 10 aromatic carbocycles. The van der Waals surface area contributed by atoms with Gasteiger partial charge in [0.15, 0.2) is 0 Å². The summed E-state index contributed by atoms with van der Waals surface area (Å²) >= 11 is 0. The molecule has 4 heteroatoms. The number of benzene rings is 10. The molecule has 0 unspecified atom stereocenters. The maximum Gasteiger partial charge on any atom is 0.147 e. The Morgan fingerprint density at radius 3 is 1.17 bits per heavy atom. The lowest BCUT2D eigenvalue weighted by molar-refractivity contribution is 0.663. The lowest BCUT2D eigenvalue weighted by Gasteiger charge is -2.12. The minimum absolute atomic E-state index is 0.799. The zero-order valence-corrected chi connectivity index (χ0v) is 34.5. The first-order valence-electron chi connectivity index (χ1n) is 21.8. The fourth-order valence-corrected chi connectivity index (χ4v) is 10.4. The van der Waals surface area contributed by atoms with E-state index in [1.165, 1.54) is 32.6 Å². The minimum Gasteiger partial charge on any atom is -0.455 e. The Hall–Kier alpha value is -8.60. The summed E-state index contributed by atoms with van der Waals surface area (Å²) in [5.74, 6) is 0. The second kappa shape index (κ2) is 13.4. The molecule has 4 nitrogen and oxygen atoms in total. The van der Waals surface area contributed by atoms with Crippen molar-refractivity contribution >= 4 is 87.5 Å². The summed E-state index contributed by atoms with van der Waals surface area (Å²) in [4.78, 5) is 0. The monoisotopic (exact) mass is 816 g/mol. The van der Waals surface area contributed by atoms with Crippen LogP contribution in [0, 0.1) is 0 Å². The first kappa shape index (κ1) is 35.0. The molecule has 0 spiro atoms. The number of aromatic nitrogens is 2. The summed E-state index contributed by atoms with van der Waals surface area (Å²) in [5.41, 5.74) is 16.7. The summed E-state index contributed by atoms with van der Waals surface area (Å²) in [6.45, 7) is 0. The average molecular weight is 817 g/mol. The van der Waals surface area contributed by atoms with E-state index in [1.807, 2.05) is 0 Å². The average Bonchev–Trinajstić information content (AvgIpc) is 4.11. The van der Waals surface area contributed by atoms with Gasteiger partial charge in [-0.2, -0.15) is 0 Å². The molecule has 0 atom stereocenters. The van der Waals surface area contributed by atoms with Crippen LogP contribution in [0.3, 0.4) is 0 Å². The second-order valence-corrected chi connectivity index (χ2v) is 16.8. The molecule has 0 bridgehead atoms. The van der Waals surface area contributed by atoms with Gasteiger partial charge in [0.05, 0.1) is 27.5 Å². The third kappa shape index (κ3) is 5.11. The normalized spacial score (nSPS) is 12.1. The number of furan rings is 2. The van der Waals surface area contributed by atoms with Crippen molar-refractivity contribution in [1.82, 2.24) is 9.13 Å². The highest BCUT2D eigenvalue weighted by Gasteiger charge is 2.24. The molecule has 0 saturated carbocycles. The van der Waals surface area contributed by atoms with Gasteiger partial charge in [0.2, 0.25) is 0 Å². The standard InChI is InChI=1S/C60H36N2O2/c1-3-15-37(16-4-1)39-31-40(38-17-5-2-6-18-38)33-41(32-39)48-36-50-49-34-42(61-52-23-11-7-19-44(52)45-20-8-12-24-53(45)61)27-29-56(49)63-60(50)58-51-35-43(28-30-57(51)64-59(48)58)62-54-25-13-9-21-46(54)47-22-10-14-26-55(47)62/h1-36H. The number of para-hydroxylation sites is 4. The van der Waals surface area contributed by atoms with Crippen LogP contribution in [0.25, 0.3) is 132 Å². The first-order chi connectivity index (χ1) is 31.7. The maximum atomic E-state index is 7.09. The van der Waals surface area contributed by atoms with E-state index in [1.54, 1.807) is 0 Å². The van der Waals surface area contributed by atoms with E-state index in [-0.39, 0.29) is 0 Å². The topological polar surface area (TPSA) is 36.1 Å². The number of fused-ring (bicyclic) bond motifs is 13. The Kier molecular flexibility index (Phi) is 7.36. The van der Waals surface area contributed by atoms with E-state index in [9.17, 15) is 0 Å². The lowest BCUT2D eigenvalue weighted by atomic mass is 9.92. The zero-order valence-electron chi connectivity index (χ0n) is 34.5. The number of nitrogens with zero attached hydrogens (tertiary/aromatic N) is 2. The van der Waals surface area contributed by atoms with Crippen LogP contribution in [-0.2, 0) is 0 Å². The zero-order chi connectivity index (χ0) is 41.9. The molecule has 0 fully saturated rings. The molecule has 0 aliphatic rings. The molecular weight excluding hydrogens is 781 g/mol. The van der Waals surface area contributed by atoms with Gasteiger partial charge in [0, 0.05) is 54.6 Å². The Morgan fingerprint density at radius 1 is 0.266 bits per heavy atom. The van der Waals surface area contributed by atoms with Crippen molar-refractivity contribution in [1.29, 1.82) is 0 Å². The molecule has 0 aliphatic carbocycles. The van der Waals surface area contributed by atoms with Crippen molar-refractivity contribution < 1.29 is 8.83 Å². The SMILES string of the molecule is c1ccc(-c2cc(-c3ccccc3)cc(-c3cc4c5cc(-n6c7ccccc7c7ccccc76)ccc5oc4c4c3oc3ccc(-n5c6ccccc6c6ccccc65)cc34)c2)cc1. The van der Waals surface area contributed by atoms with Crippen LogP contribution in [0.15, 0.2) is 227 Å². The van der Waals surface area contributed by atoms with Crippen molar-refractivity contribution in [2.45, 2.75) is 0 Å². The quantitative estimate of drug-likeness (QED) is 0.173. The molecule has 0 N–H and O–H groups in total. The van der Waals surface area contributed by atoms with E-state index in [0.29, 0.717) is 0 Å². The molecule has 64 heavy (non-hydrogen) atoms. The molecule has 0 aliphatic heterocycles. The molecule has 0 radical (unpaired) electrons. The Bertz CT molecular complexity index is 4020. The summed E-state index contributed by atoms with van der Waals surface area (Å²) in [7, 11) is 0. The van der Waals surface area contributed by atoms with E-state index < -0.39 is 0 Å². The first-order valence-corrected chi connectivity index (χ1v) is 21.8. The Balaban J connectivity index is 1.09. The van der Waals surface area contributed by atoms with Crippen LogP contribution >= 0.6 is 0 Å². The maximum absolute atomic E-state index is 7.09. The van der Waals surface area contributed by atoms with E-state index in [4.69, 9.17) is 8.83 Å². The molecular formula is C60H36N2O2. The van der Waals surface area contributed by atoms with Crippen molar-refractivity contribution in [2.24, 2.45) is 0 Å². The highest BCUT2D eigenvalue weighted by atomic mass is 16.3. The fraction of sp³-hybridized carbons (Fsp3) is 0. The molecule has 14 aromatic rings. The molecule has 0 saturated heterocycles. The van der Waals surface area contributed by atoms with Crippen LogP contribution in [0.4, 0.5) is 0 Å². The minimum atomic E-state index is 0.799. The largest absolute Gasteiger partial charge is 0.455 e. The van der Waals surface area contributed by atoms with Gasteiger partial charge in [-0.25, -0.2) is 0 Å². The van der Waals surface area contributed by atoms with Crippen LogP contribution in [0.2, 0.25) is 0 Å². The molecule has 298 valence electrons. The highest BCUT2D eigenvalue weighted by Crippen LogP contribution is 2.47. The molecule has 0 amide bonds. The van der Waals surface area contributed by atoms with Crippen molar-refractivity contribution in [3.8, 4) is 44.8 Å². The van der Waals surface area contributed by atoms with E-state index >= 15 is 0 Å². The Labute approximate surface area is 367 Å². The van der Waals surface area contributed by atoms with Gasteiger partial charge < -0.3 is 18.0 Å². The van der Waals surface area contributed by atoms with Gasteiger partial charge >= 0.3 is 0 Å². The van der Waals surface area contributed by atoms with Crippen molar-refractivity contribution in [3.63, 3.8) is 0 Å². The smallest absolute Gasteiger partial charge is 0.147 e. The van der Waals surface area contributed by atoms with E-state index in [2.05, 4.69) is 228 Å². The van der Waals surface area contributed by atoms with Gasteiger partial charge in [-0.1, -0.05) is 133 Å². The van der Waals surface area contributed by atoms with Crippen LogP contribution in [0.5, 0.6) is 0 Å². The van der Waals surface area contributed by atoms with Crippen molar-refractivity contribution in [2.75, 3.05) is 0 Å². The summed E-state index contributed by atoms with van der Waals surface area (Å²) in [6, 6.07) is 78.4. The van der Waals surface area contributed by atoms with Crippen LogP contribution in [0.1, 0.15) is 0 Å². The summed E-state index contributed by atoms with van der Waals surface area (Å²) in [6.07, 6.45) is 0. The molecule has 14 rings (SSSR count). The summed E-state index contributed by atoms with van der Waals surface area (Å²) < 4.78 is 18.9. The Morgan fingerprint density at radius 2 is 0.672 bits per heavy atom.